The molecular weight excluding hydrogens is 457 g/mol. The third-order valence-corrected chi connectivity index (χ3v) is 7.89. The predicted molar refractivity (Wildman–Crippen MR) is 116 cm³/mol. The van der Waals surface area contributed by atoms with E-state index in [4.69, 9.17) is 4.74 Å². The second-order valence-electron chi connectivity index (χ2n) is 7.11. The Labute approximate surface area is 189 Å². The van der Waals surface area contributed by atoms with Crippen molar-refractivity contribution in [1.29, 1.82) is 5.26 Å². The van der Waals surface area contributed by atoms with Crippen LogP contribution in [0.25, 0.3) is 0 Å². The zero-order valence-electron chi connectivity index (χ0n) is 17.4. The van der Waals surface area contributed by atoms with Crippen molar-refractivity contribution in [3.8, 4) is 6.07 Å². The number of nitriles is 1. The van der Waals surface area contributed by atoms with Gasteiger partial charge >= 0.3 is 6.09 Å². The number of halogens is 1. The van der Waals surface area contributed by atoms with Gasteiger partial charge in [0, 0.05) is 17.8 Å². The van der Waals surface area contributed by atoms with E-state index in [1.807, 2.05) is 0 Å². The molecule has 0 atom stereocenters. The molecule has 0 radical (unpaired) electrons. The molecule has 3 rings (SSSR count). The quantitative estimate of drug-likeness (QED) is 0.608. The molecule has 2 amide bonds. The van der Waals surface area contributed by atoms with Gasteiger partial charge in [0.2, 0.25) is 5.91 Å². The van der Waals surface area contributed by atoms with E-state index in [-0.39, 0.29) is 30.1 Å². The highest BCUT2D eigenvalue weighted by Gasteiger charge is 2.28. The number of thiophene rings is 1. The van der Waals surface area contributed by atoms with Crippen LogP contribution in [0.5, 0.6) is 0 Å². The van der Waals surface area contributed by atoms with Crippen LogP contribution < -0.4 is 5.32 Å². The Morgan fingerprint density at radius 3 is 2.69 bits per heavy atom. The molecule has 170 valence electrons. The van der Waals surface area contributed by atoms with Gasteiger partial charge in [0.1, 0.15) is 16.9 Å². The second kappa shape index (κ2) is 10.1. The van der Waals surface area contributed by atoms with Crippen molar-refractivity contribution >= 4 is 38.2 Å². The number of anilines is 1. The zero-order valence-corrected chi connectivity index (χ0v) is 19.0. The number of sulfone groups is 1. The average molecular weight is 480 g/mol. The SMILES string of the molecule is CCOC(=O)N1CCc2c(sc(NC(=O)CCCS(=O)(=O)c3ccc(F)cc3)c2C#N)C1. The molecule has 0 fully saturated rings. The van der Waals surface area contributed by atoms with Gasteiger partial charge in [-0.05, 0) is 49.6 Å². The summed E-state index contributed by atoms with van der Waals surface area (Å²) in [4.78, 5) is 26.7. The van der Waals surface area contributed by atoms with Crippen molar-refractivity contribution in [1.82, 2.24) is 4.90 Å². The largest absolute Gasteiger partial charge is 0.450 e. The monoisotopic (exact) mass is 479 g/mol. The van der Waals surface area contributed by atoms with Gasteiger partial charge in [-0.25, -0.2) is 17.6 Å². The third kappa shape index (κ3) is 5.44. The molecule has 1 aromatic carbocycles. The van der Waals surface area contributed by atoms with Gasteiger partial charge in [0.15, 0.2) is 9.84 Å². The van der Waals surface area contributed by atoms with Crippen LogP contribution in [0.1, 0.15) is 35.8 Å². The minimum absolute atomic E-state index is 0.00293. The molecule has 2 heterocycles. The fourth-order valence-electron chi connectivity index (χ4n) is 3.35. The standard InChI is InChI=1S/C21H22FN3O5S2/c1-2-30-21(27)25-10-9-16-17(12-23)20(31-18(16)13-25)24-19(26)4-3-11-32(28,29)15-7-5-14(22)6-8-15/h5-8H,2-4,9-11,13H2,1H3,(H,24,26). The lowest BCUT2D eigenvalue weighted by Crippen LogP contribution is -2.35. The lowest BCUT2D eigenvalue weighted by Gasteiger charge is -2.25. The summed E-state index contributed by atoms with van der Waals surface area (Å²) in [6.07, 6.45) is 0.0927. The number of ether oxygens (including phenoxy) is 1. The Kier molecular flexibility index (Phi) is 7.48. The summed E-state index contributed by atoms with van der Waals surface area (Å²) >= 11 is 1.23. The van der Waals surface area contributed by atoms with E-state index in [2.05, 4.69) is 11.4 Å². The summed E-state index contributed by atoms with van der Waals surface area (Å²) < 4.78 is 42.6. The van der Waals surface area contributed by atoms with Crippen LogP contribution >= 0.6 is 11.3 Å². The number of nitrogens with one attached hydrogen (secondary N) is 1. The maximum Gasteiger partial charge on any atom is 0.410 e. The summed E-state index contributed by atoms with van der Waals surface area (Å²) in [5.74, 6) is -1.19. The summed E-state index contributed by atoms with van der Waals surface area (Å²) in [6, 6.07) is 6.66. The highest BCUT2D eigenvalue weighted by Crippen LogP contribution is 2.37. The van der Waals surface area contributed by atoms with E-state index < -0.39 is 27.7 Å². The number of rotatable bonds is 7. The molecule has 32 heavy (non-hydrogen) atoms. The predicted octanol–water partition coefficient (Wildman–Crippen LogP) is 3.47. The minimum Gasteiger partial charge on any atom is -0.450 e. The average Bonchev–Trinajstić information content (AvgIpc) is 3.10. The van der Waals surface area contributed by atoms with Gasteiger partial charge in [-0.1, -0.05) is 0 Å². The molecule has 0 bridgehead atoms. The molecule has 11 heteroatoms. The first-order valence-corrected chi connectivity index (χ1v) is 12.5. The van der Waals surface area contributed by atoms with Gasteiger partial charge in [0.25, 0.3) is 0 Å². The van der Waals surface area contributed by atoms with E-state index >= 15 is 0 Å². The van der Waals surface area contributed by atoms with Gasteiger partial charge < -0.3 is 15.0 Å². The van der Waals surface area contributed by atoms with E-state index in [0.29, 0.717) is 30.1 Å². The van der Waals surface area contributed by atoms with Crippen molar-refractivity contribution in [3.63, 3.8) is 0 Å². The number of nitrogens with zero attached hydrogens (tertiary/aromatic N) is 2. The van der Waals surface area contributed by atoms with Gasteiger partial charge in [-0.2, -0.15) is 5.26 Å². The van der Waals surface area contributed by atoms with Gasteiger partial charge in [0.05, 0.1) is 29.4 Å². The summed E-state index contributed by atoms with van der Waals surface area (Å²) in [5, 5.41) is 12.7. The van der Waals surface area contributed by atoms with Crippen LogP contribution in [0.4, 0.5) is 14.2 Å². The van der Waals surface area contributed by atoms with Crippen molar-refractivity contribution in [2.45, 2.75) is 37.6 Å². The maximum atomic E-state index is 13.0. The van der Waals surface area contributed by atoms with Crippen LogP contribution in [-0.4, -0.2) is 44.2 Å². The van der Waals surface area contributed by atoms with Gasteiger partial charge in [-0.3, -0.25) is 4.79 Å². The highest BCUT2D eigenvalue weighted by atomic mass is 32.2. The summed E-state index contributed by atoms with van der Waals surface area (Å²) in [7, 11) is -3.63. The van der Waals surface area contributed by atoms with Crippen molar-refractivity contribution in [2.24, 2.45) is 0 Å². The Bertz CT molecular complexity index is 1150. The molecule has 2 aromatic rings. The highest BCUT2D eigenvalue weighted by molar-refractivity contribution is 7.91. The first kappa shape index (κ1) is 23.7. The topological polar surface area (TPSA) is 117 Å². The Balaban J connectivity index is 1.60. The number of fused-ring (bicyclic) bond motifs is 1. The van der Waals surface area contributed by atoms with Gasteiger partial charge in [-0.15, -0.1) is 11.3 Å². The lowest BCUT2D eigenvalue weighted by molar-refractivity contribution is -0.116. The van der Waals surface area contributed by atoms with E-state index in [0.717, 1.165) is 22.6 Å². The summed E-state index contributed by atoms with van der Waals surface area (Å²) in [5.41, 5.74) is 1.19. The normalized spacial score (nSPS) is 13.2. The van der Waals surface area contributed by atoms with Crippen molar-refractivity contribution in [2.75, 3.05) is 24.2 Å². The first-order chi connectivity index (χ1) is 15.2. The van der Waals surface area contributed by atoms with E-state index in [1.165, 1.54) is 23.5 Å². The van der Waals surface area contributed by atoms with Crippen LogP contribution in [0, 0.1) is 17.1 Å². The van der Waals surface area contributed by atoms with Crippen LogP contribution in [-0.2, 0) is 32.3 Å². The fraction of sp³-hybridized carbons (Fsp3) is 0.381. The van der Waals surface area contributed by atoms with E-state index in [1.54, 1.807) is 11.8 Å². The molecular formula is C21H22FN3O5S2. The second-order valence-corrected chi connectivity index (χ2v) is 10.3. The number of carbonyl (C=O) groups is 2. The summed E-state index contributed by atoms with van der Waals surface area (Å²) in [6.45, 7) is 2.73. The number of hydrogen-bond donors (Lipinski definition) is 1. The Morgan fingerprint density at radius 1 is 1.31 bits per heavy atom. The minimum atomic E-state index is -3.63. The molecule has 0 unspecified atom stereocenters. The molecule has 0 spiro atoms. The Hall–Kier alpha value is -2.97. The maximum absolute atomic E-state index is 13.0. The molecule has 0 saturated carbocycles. The molecule has 0 aliphatic carbocycles. The number of hydrogen-bond acceptors (Lipinski definition) is 7. The Morgan fingerprint density at radius 2 is 2.03 bits per heavy atom. The van der Waals surface area contributed by atoms with Crippen molar-refractivity contribution < 1.29 is 27.1 Å². The van der Waals surface area contributed by atoms with Crippen LogP contribution in [0.2, 0.25) is 0 Å². The third-order valence-electron chi connectivity index (χ3n) is 4.94. The fourth-order valence-corrected chi connectivity index (χ4v) is 5.89. The van der Waals surface area contributed by atoms with Crippen LogP contribution in [0.3, 0.4) is 0 Å². The number of carbonyl (C=O) groups excluding carboxylic acids is 2. The molecule has 8 nitrogen and oxygen atoms in total. The first-order valence-electron chi connectivity index (χ1n) is 9.99. The molecule has 1 aromatic heterocycles. The molecule has 1 N–H and O–H groups in total. The lowest BCUT2D eigenvalue weighted by atomic mass is 10.0. The molecule has 1 aliphatic heterocycles. The van der Waals surface area contributed by atoms with Crippen molar-refractivity contribution in [3.05, 3.63) is 46.1 Å². The van der Waals surface area contributed by atoms with Crippen LogP contribution in [0.15, 0.2) is 29.2 Å². The van der Waals surface area contributed by atoms with E-state index in [9.17, 15) is 27.7 Å². The smallest absolute Gasteiger partial charge is 0.410 e. The zero-order chi connectivity index (χ0) is 23.3. The molecule has 1 aliphatic rings. The molecule has 0 saturated heterocycles. The number of benzene rings is 1. The number of amides is 2.